The van der Waals surface area contributed by atoms with E-state index in [0.29, 0.717) is 18.7 Å². The van der Waals surface area contributed by atoms with Gasteiger partial charge in [0.25, 0.3) is 0 Å². The Hall–Kier alpha value is -2.60. The minimum Gasteiger partial charge on any atom is -0.386 e. The highest BCUT2D eigenvalue weighted by atomic mass is 19.4. The van der Waals surface area contributed by atoms with Crippen LogP contribution in [0.4, 0.5) is 18.9 Å². The van der Waals surface area contributed by atoms with E-state index in [-0.39, 0.29) is 18.7 Å². The highest BCUT2D eigenvalue weighted by Crippen LogP contribution is 2.35. The zero-order chi connectivity index (χ0) is 17.4. The average molecular weight is 337 g/mol. The number of nitrogens with zero attached hydrogens (tertiary/aromatic N) is 5. The molecule has 0 aliphatic carbocycles. The fraction of sp³-hybridized carbons (Fsp3) is 0.400. The Kier molecular flexibility index (Phi) is 3.93. The van der Waals surface area contributed by atoms with Crippen LogP contribution in [0.5, 0.6) is 0 Å². The fourth-order valence-corrected chi connectivity index (χ4v) is 2.89. The van der Waals surface area contributed by atoms with Crippen molar-refractivity contribution in [3.05, 3.63) is 41.7 Å². The number of β-amino-alcohol motifs (C(OH)–C–C–N with tert-alkyl or cyclic N) is 1. The molecular formula is C15H14F3N5O. The van der Waals surface area contributed by atoms with Crippen LogP contribution >= 0.6 is 0 Å². The largest absolute Gasteiger partial charge is 0.416 e. The molecule has 0 spiro atoms. The first-order chi connectivity index (χ1) is 11.3. The second kappa shape index (κ2) is 5.79. The predicted molar refractivity (Wildman–Crippen MR) is 78.0 cm³/mol. The van der Waals surface area contributed by atoms with Crippen molar-refractivity contribution in [1.29, 1.82) is 5.26 Å². The molecule has 0 bridgehead atoms. The number of benzene rings is 1. The zero-order valence-electron chi connectivity index (χ0n) is 12.5. The van der Waals surface area contributed by atoms with Gasteiger partial charge >= 0.3 is 6.18 Å². The zero-order valence-corrected chi connectivity index (χ0v) is 12.5. The van der Waals surface area contributed by atoms with Gasteiger partial charge in [0, 0.05) is 19.3 Å². The van der Waals surface area contributed by atoms with Crippen molar-refractivity contribution in [3.8, 4) is 6.07 Å². The molecule has 3 rings (SSSR count). The molecule has 1 aliphatic heterocycles. The molecule has 1 aromatic heterocycles. The molecule has 2 aromatic rings. The summed E-state index contributed by atoms with van der Waals surface area (Å²) in [7, 11) is 0. The summed E-state index contributed by atoms with van der Waals surface area (Å²) in [6.07, 6.45) is -0.957. The fourth-order valence-electron chi connectivity index (χ4n) is 2.89. The van der Waals surface area contributed by atoms with Crippen molar-refractivity contribution in [3.63, 3.8) is 0 Å². The Morgan fingerprint density at radius 2 is 2.17 bits per heavy atom. The van der Waals surface area contributed by atoms with Crippen LogP contribution in [0.25, 0.3) is 0 Å². The van der Waals surface area contributed by atoms with Crippen molar-refractivity contribution >= 4 is 5.69 Å². The quantitative estimate of drug-likeness (QED) is 0.924. The third-order valence-corrected chi connectivity index (χ3v) is 4.05. The highest BCUT2D eigenvalue weighted by molar-refractivity contribution is 5.61. The number of aromatic nitrogens is 3. The Bertz CT molecular complexity index is 768. The van der Waals surface area contributed by atoms with Crippen molar-refractivity contribution in [2.45, 2.75) is 24.7 Å². The van der Waals surface area contributed by atoms with Crippen LogP contribution in [-0.2, 0) is 12.7 Å². The van der Waals surface area contributed by atoms with E-state index in [4.69, 9.17) is 0 Å². The molecule has 1 N–H and O–H groups in total. The van der Waals surface area contributed by atoms with Crippen LogP contribution in [0.15, 0.2) is 30.6 Å². The maximum absolute atomic E-state index is 12.8. The molecule has 1 unspecified atom stereocenters. The lowest BCUT2D eigenvalue weighted by Gasteiger charge is -2.25. The van der Waals surface area contributed by atoms with Gasteiger partial charge < -0.3 is 10.0 Å². The van der Waals surface area contributed by atoms with Gasteiger partial charge in [-0.25, -0.2) is 4.68 Å². The molecule has 0 radical (unpaired) electrons. The van der Waals surface area contributed by atoms with Crippen molar-refractivity contribution in [2.24, 2.45) is 0 Å². The second-order valence-corrected chi connectivity index (χ2v) is 5.84. The van der Waals surface area contributed by atoms with Crippen LogP contribution in [0.3, 0.4) is 0 Å². The van der Waals surface area contributed by atoms with Crippen LogP contribution in [0.2, 0.25) is 0 Å². The van der Waals surface area contributed by atoms with Crippen LogP contribution in [-0.4, -0.2) is 38.8 Å². The molecule has 126 valence electrons. The molecule has 9 heteroatoms. The number of rotatable bonds is 3. The Balaban J connectivity index is 1.82. The molecule has 1 fully saturated rings. The molecule has 1 aromatic carbocycles. The lowest BCUT2D eigenvalue weighted by Crippen LogP contribution is -2.38. The Morgan fingerprint density at radius 3 is 2.79 bits per heavy atom. The van der Waals surface area contributed by atoms with Gasteiger partial charge in [0.15, 0.2) is 0 Å². The van der Waals surface area contributed by atoms with Crippen molar-refractivity contribution in [2.75, 3.05) is 18.0 Å². The first-order valence-corrected chi connectivity index (χ1v) is 7.23. The molecule has 1 aliphatic rings. The van der Waals surface area contributed by atoms with E-state index in [2.05, 4.69) is 10.3 Å². The molecule has 0 saturated carbocycles. The smallest absolute Gasteiger partial charge is 0.386 e. The number of hydrogen-bond acceptors (Lipinski definition) is 5. The van der Waals surface area contributed by atoms with Crippen LogP contribution in [0, 0.1) is 11.3 Å². The van der Waals surface area contributed by atoms with E-state index < -0.39 is 17.3 Å². The van der Waals surface area contributed by atoms with E-state index in [1.54, 1.807) is 11.1 Å². The first-order valence-electron chi connectivity index (χ1n) is 7.23. The number of aliphatic hydroxyl groups is 1. The molecular weight excluding hydrogens is 323 g/mol. The summed E-state index contributed by atoms with van der Waals surface area (Å²) in [6.45, 7) is 0.865. The number of nitriles is 1. The minimum absolute atomic E-state index is 0.0603. The van der Waals surface area contributed by atoms with Gasteiger partial charge in [0.2, 0.25) is 0 Å². The van der Waals surface area contributed by atoms with Gasteiger partial charge in [-0.2, -0.15) is 18.4 Å². The minimum atomic E-state index is -4.50. The molecule has 2 heterocycles. The molecule has 1 saturated heterocycles. The molecule has 24 heavy (non-hydrogen) atoms. The Morgan fingerprint density at radius 1 is 1.38 bits per heavy atom. The summed E-state index contributed by atoms with van der Waals surface area (Å²) in [4.78, 5) is 1.72. The number of alkyl halides is 3. The van der Waals surface area contributed by atoms with Crippen molar-refractivity contribution in [1.82, 2.24) is 15.0 Å². The van der Waals surface area contributed by atoms with Gasteiger partial charge in [-0.3, -0.25) is 0 Å². The summed E-state index contributed by atoms with van der Waals surface area (Å²) in [6, 6.07) is 4.87. The monoisotopic (exact) mass is 337 g/mol. The number of anilines is 1. The molecule has 1 atom stereocenters. The molecule has 0 amide bonds. The average Bonchev–Trinajstić information content (AvgIpc) is 3.16. The van der Waals surface area contributed by atoms with Gasteiger partial charge in [0.05, 0.1) is 29.6 Å². The number of hydrogen-bond donors (Lipinski definition) is 1. The highest BCUT2D eigenvalue weighted by Gasteiger charge is 2.38. The maximum atomic E-state index is 12.8. The lowest BCUT2D eigenvalue weighted by molar-refractivity contribution is -0.137. The first kappa shape index (κ1) is 16.3. The summed E-state index contributed by atoms with van der Waals surface area (Å²) in [5, 5.41) is 27.3. The standard InChI is InChI=1S/C15H14F3N5O/c16-15(17,18)12-1-2-13(11(7-12)8-19)22-5-3-14(24,9-22)10-23-6-4-20-21-23/h1-2,4,6-7,24H,3,5,9-10H2. The van der Waals surface area contributed by atoms with Gasteiger partial charge in [0.1, 0.15) is 11.7 Å². The van der Waals surface area contributed by atoms with Gasteiger partial charge in [-0.05, 0) is 24.6 Å². The third kappa shape index (κ3) is 3.19. The lowest BCUT2D eigenvalue weighted by atomic mass is 10.0. The topological polar surface area (TPSA) is 78.0 Å². The summed E-state index contributed by atoms with van der Waals surface area (Å²) in [5.74, 6) is 0. The summed E-state index contributed by atoms with van der Waals surface area (Å²) >= 11 is 0. The second-order valence-electron chi connectivity index (χ2n) is 5.84. The van der Waals surface area contributed by atoms with E-state index >= 15 is 0 Å². The van der Waals surface area contributed by atoms with Gasteiger partial charge in [-0.15, -0.1) is 5.10 Å². The normalized spacial score (nSPS) is 21.0. The maximum Gasteiger partial charge on any atom is 0.416 e. The van der Waals surface area contributed by atoms with E-state index in [1.165, 1.54) is 16.9 Å². The van der Waals surface area contributed by atoms with E-state index in [1.807, 2.05) is 6.07 Å². The van der Waals surface area contributed by atoms with E-state index in [9.17, 15) is 23.5 Å². The molecule has 6 nitrogen and oxygen atoms in total. The number of halogens is 3. The summed E-state index contributed by atoms with van der Waals surface area (Å²) < 4.78 is 39.8. The third-order valence-electron chi connectivity index (χ3n) is 4.05. The van der Waals surface area contributed by atoms with E-state index in [0.717, 1.165) is 12.1 Å². The summed E-state index contributed by atoms with van der Waals surface area (Å²) in [5.41, 5.74) is -1.61. The predicted octanol–water partition coefficient (Wildman–Crippen LogP) is 1.81. The van der Waals surface area contributed by atoms with Crippen molar-refractivity contribution < 1.29 is 18.3 Å². The van der Waals surface area contributed by atoms with Crippen LogP contribution < -0.4 is 4.90 Å². The van der Waals surface area contributed by atoms with Crippen LogP contribution in [0.1, 0.15) is 17.5 Å². The Labute approximate surface area is 135 Å². The van der Waals surface area contributed by atoms with Gasteiger partial charge in [-0.1, -0.05) is 5.21 Å². The SMILES string of the molecule is N#Cc1cc(C(F)(F)F)ccc1N1CCC(O)(Cn2ccnn2)C1.